The van der Waals surface area contributed by atoms with Crippen LogP contribution in [0.15, 0.2) is 85.1 Å². The van der Waals surface area contributed by atoms with Crippen LogP contribution < -0.4 is 4.90 Å². The van der Waals surface area contributed by atoms with Crippen LogP contribution in [0.3, 0.4) is 0 Å². The number of anilines is 1. The van der Waals surface area contributed by atoms with Gasteiger partial charge in [-0.1, -0.05) is 60.7 Å². The maximum Gasteiger partial charge on any atom is 0.0819 e. The molecule has 0 radical (unpaired) electrons. The minimum atomic E-state index is 0.239. The van der Waals surface area contributed by atoms with Gasteiger partial charge in [-0.25, -0.2) is 0 Å². The monoisotopic (exact) mass is 324 g/mol. The first kappa shape index (κ1) is 14.4. The molecular weight excluding hydrogens is 304 g/mol. The quantitative estimate of drug-likeness (QED) is 0.529. The predicted molar refractivity (Wildman–Crippen MR) is 104 cm³/mol. The Hall–Kier alpha value is -3.00. The van der Waals surface area contributed by atoms with Gasteiger partial charge in [0.2, 0.25) is 0 Å². The summed E-state index contributed by atoms with van der Waals surface area (Å²) in [5.74, 6) is 0. The van der Waals surface area contributed by atoms with Gasteiger partial charge in [0.15, 0.2) is 0 Å². The zero-order valence-corrected chi connectivity index (χ0v) is 14.0. The largest absolute Gasteiger partial charge is 0.361 e. The Bertz CT molecular complexity index is 1020. The van der Waals surface area contributed by atoms with E-state index in [0.717, 1.165) is 13.0 Å². The fourth-order valence-electron chi connectivity index (χ4n) is 4.12. The van der Waals surface area contributed by atoms with Crippen molar-refractivity contribution in [2.24, 2.45) is 0 Å². The van der Waals surface area contributed by atoms with Gasteiger partial charge in [-0.05, 0) is 35.7 Å². The molecule has 2 heteroatoms. The zero-order chi connectivity index (χ0) is 16.6. The Kier molecular flexibility index (Phi) is 3.34. The Labute approximate surface area is 147 Å². The Morgan fingerprint density at radius 1 is 0.760 bits per heavy atom. The third-order valence-corrected chi connectivity index (χ3v) is 5.29. The SMILES string of the molecule is c1ccc(N2CCc3ccccc3C2c2c[nH]c3ccccc23)cc1. The molecule has 1 N–H and O–H groups in total. The first-order valence-electron chi connectivity index (χ1n) is 8.87. The molecule has 4 aromatic rings. The highest BCUT2D eigenvalue weighted by atomic mass is 15.2. The number of para-hydroxylation sites is 2. The predicted octanol–water partition coefficient (Wildman–Crippen LogP) is 5.32. The third kappa shape index (κ3) is 2.33. The van der Waals surface area contributed by atoms with Gasteiger partial charge in [0, 0.05) is 34.9 Å². The number of benzene rings is 3. The summed E-state index contributed by atoms with van der Waals surface area (Å²) >= 11 is 0. The molecule has 0 amide bonds. The van der Waals surface area contributed by atoms with Crippen LogP contribution in [-0.4, -0.2) is 11.5 Å². The highest BCUT2D eigenvalue weighted by molar-refractivity contribution is 5.85. The summed E-state index contributed by atoms with van der Waals surface area (Å²) in [6.07, 6.45) is 3.28. The first-order valence-corrected chi connectivity index (χ1v) is 8.87. The number of nitrogens with one attached hydrogen (secondary N) is 1. The molecule has 5 rings (SSSR count). The molecule has 1 aliphatic rings. The fourth-order valence-corrected chi connectivity index (χ4v) is 4.12. The molecule has 1 unspecified atom stereocenters. The highest BCUT2D eigenvalue weighted by Gasteiger charge is 2.30. The normalized spacial score (nSPS) is 16.8. The zero-order valence-electron chi connectivity index (χ0n) is 14.0. The van der Waals surface area contributed by atoms with E-state index >= 15 is 0 Å². The van der Waals surface area contributed by atoms with Gasteiger partial charge in [0.05, 0.1) is 6.04 Å². The maximum absolute atomic E-state index is 3.46. The summed E-state index contributed by atoms with van der Waals surface area (Å²) in [5.41, 5.74) is 6.72. The van der Waals surface area contributed by atoms with Gasteiger partial charge in [0.25, 0.3) is 0 Å². The van der Waals surface area contributed by atoms with Crippen molar-refractivity contribution in [1.82, 2.24) is 4.98 Å². The van der Waals surface area contributed by atoms with E-state index in [1.54, 1.807) is 0 Å². The lowest BCUT2D eigenvalue weighted by Gasteiger charge is -2.39. The van der Waals surface area contributed by atoms with E-state index in [9.17, 15) is 0 Å². The molecule has 25 heavy (non-hydrogen) atoms. The van der Waals surface area contributed by atoms with Crippen molar-refractivity contribution in [1.29, 1.82) is 0 Å². The Morgan fingerprint density at radius 2 is 1.52 bits per heavy atom. The number of hydrogen-bond acceptors (Lipinski definition) is 1. The van der Waals surface area contributed by atoms with E-state index in [-0.39, 0.29) is 6.04 Å². The van der Waals surface area contributed by atoms with Gasteiger partial charge >= 0.3 is 0 Å². The van der Waals surface area contributed by atoms with Crippen LogP contribution in [0.4, 0.5) is 5.69 Å². The van der Waals surface area contributed by atoms with Gasteiger partial charge in [-0.15, -0.1) is 0 Å². The number of rotatable bonds is 2. The molecule has 1 aromatic heterocycles. The van der Waals surface area contributed by atoms with Crippen LogP contribution in [0.5, 0.6) is 0 Å². The second-order valence-electron chi connectivity index (χ2n) is 6.67. The minimum Gasteiger partial charge on any atom is -0.361 e. The molecule has 3 aromatic carbocycles. The van der Waals surface area contributed by atoms with Crippen LogP contribution in [0.2, 0.25) is 0 Å². The minimum absolute atomic E-state index is 0.239. The van der Waals surface area contributed by atoms with Crippen molar-refractivity contribution in [3.63, 3.8) is 0 Å². The molecule has 0 spiro atoms. The molecule has 2 heterocycles. The van der Waals surface area contributed by atoms with Gasteiger partial charge < -0.3 is 9.88 Å². The number of H-pyrrole nitrogens is 1. The molecule has 0 saturated heterocycles. The highest BCUT2D eigenvalue weighted by Crippen LogP contribution is 2.40. The van der Waals surface area contributed by atoms with Gasteiger partial charge in [0.1, 0.15) is 0 Å². The summed E-state index contributed by atoms with van der Waals surface area (Å²) in [7, 11) is 0. The number of hydrogen-bond donors (Lipinski definition) is 1. The molecular formula is C23H20N2. The summed E-state index contributed by atoms with van der Waals surface area (Å²) in [6.45, 7) is 1.03. The summed E-state index contributed by atoms with van der Waals surface area (Å²) in [4.78, 5) is 6.00. The van der Waals surface area contributed by atoms with E-state index in [4.69, 9.17) is 0 Å². The third-order valence-electron chi connectivity index (χ3n) is 5.29. The van der Waals surface area contributed by atoms with Crippen molar-refractivity contribution in [2.75, 3.05) is 11.4 Å². The lowest BCUT2D eigenvalue weighted by molar-refractivity contribution is 0.656. The second kappa shape index (κ2) is 5.82. The lowest BCUT2D eigenvalue weighted by Crippen LogP contribution is -2.36. The summed E-state index contributed by atoms with van der Waals surface area (Å²) in [6, 6.07) is 28.5. The van der Waals surface area contributed by atoms with Gasteiger partial charge in [-0.3, -0.25) is 0 Å². The average molecular weight is 324 g/mol. The van der Waals surface area contributed by atoms with E-state index in [1.807, 2.05) is 0 Å². The lowest BCUT2D eigenvalue weighted by atomic mass is 9.87. The van der Waals surface area contributed by atoms with Gasteiger partial charge in [-0.2, -0.15) is 0 Å². The number of fused-ring (bicyclic) bond motifs is 2. The van der Waals surface area contributed by atoms with Crippen molar-refractivity contribution >= 4 is 16.6 Å². The second-order valence-corrected chi connectivity index (χ2v) is 6.67. The smallest absolute Gasteiger partial charge is 0.0819 e. The number of aromatic amines is 1. The van der Waals surface area contributed by atoms with Crippen LogP contribution in [0.1, 0.15) is 22.7 Å². The molecule has 1 atom stereocenters. The van der Waals surface area contributed by atoms with Crippen LogP contribution in [0.25, 0.3) is 10.9 Å². The number of nitrogens with zero attached hydrogens (tertiary/aromatic N) is 1. The van der Waals surface area contributed by atoms with Crippen LogP contribution >= 0.6 is 0 Å². The number of aromatic nitrogens is 1. The van der Waals surface area contributed by atoms with Crippen molar-refractivity contribution in [3.05, 3.63) is 102 Å². The first-order chi connectivity index (χ1) is 12.4. The molecule has 1 aliphatic heterocycles. The van der Waals surface area contributed by atoms with Crippen molar-refractivity contribution in [3.8, 4) is 0 Å². The molecule has 0 bridgehead atoms. The fraction of sp³-hybridized carbons (Fsp3) is 0.130. The summed E-state index contributed by atoms with van der Waals surface area (Å²) < 4.78 is 0. The Balaban J connectivity index is 1.73. The Morgan fingerprint density at radius 3 is 2.44 bits per heavy atom. The maximum atomic E-state index is 3.46. The van der Waals surface area contributed by atoms with Crippen LogP contribution in [-0.2, 0) is 6.42 Å². The van der Waals surface area contributed by atoms with Crippen LogP contribution in [0, 0.1) is 0 Å². The molecule has 0 aliphatic carbocycles. The van der Waals surface area contributed by atoms with Crippen molar-refractivity contribution < 1.29 is 0 Å². The molecule has 0 saturated carbocycles. The topological polar surface area (TPSA) is 19.0 Å². The molecule has 2 nitrogen and oxygen atoms in total. The summed E-state index contributed by atoms with van der Waals surface area (Å²) in [5, 5.41) is 1.31. The van der Waals surface area contributed by atoms with E-state index < -0.39 is 0 Å². The van der Waals surface area contributed by atoms with E-state index in [0.29, 0.717) is 0 Å². The van der Waals surface area contributed by atoms with E-state index in [2.05, 4.69) is 94.9 Å². The standard InChI is InChI=1S/C23H20N2/c1-2-9-18(10-3-1)25-15-14-17-8-4-5-11-19(17)23(25)21-16-24-22-13-7-6-12-20(21)22/h1-13,16,23-24H,14-15H2. The van der Waals surface area contributed by atoms with E-state index in [1.165, 1.54) is 33.3 Å². The van der Waals surface area contributed by atoms with Crippen molar-refractivity contribution in [2.45, 2.75) is 12.5 Å². The molecule has 0 fully saturated rings. The average Bonchev–Trinajstić information content (AvgIpc) is 3.11. The molecule has 122 valence electrons.